The van der Waals surface area contributed by atoms with Gasteiger partial charge in [0.05, 0.1) is 6.04 Å². The molecule has 0 spiro atoms. The number of piperazine rings is 1. The lowest BCUT2D eigenvalue weighted by molar-refractivity contribution is -0.143. The summed E-state index contributed by atoms with van der Waals surface area (Å²) in [5, 5.41) is 13.4. The fourth-order valence-corrected chi connectivity index (χ4v) is 4.74. The van der Waals surface area contributed by atoms with Crippen LogP contribution in [0.25, 0.3) is 0 Å². The van der Waals surface area contributed by atoms with Crippen molar-refractivity contribution in [2.75, 3.05) is 13.1 Å². The van der Waals surface area contributed by atoms with Crippen molar-refractivity contribution in [3.05, 3.63) is 65.7 Å². The number of phenolic OH excluding ortho intramolecular Hbond substituents is 1. The summed E-state index contributed by atoms with van der Waals surface area (Å²) >= 11 is 0. The molecule has 4 rings (SSSR count). The van der Waals surface area contributed by atoms with Gasteiger partial charge in [-0.25, -0.2) is 0 Å². The van der Waals surface area contributed by atoms with Crippen molar-refractivity contribution in [3.63, 3.8) is 0 Å². The topological polar surface area (TPSA) is 52.6 Å². The Morgan fingerprint density at radius 3 is 2.70 bits per heavy atom. The molecule has 0 radical (unpaired) electrons. The predicted octanol–water partition coefficient (Wildman–Crippen LogP) is 3.10. The molecule has 0 bridgehead atoms. The number of nitrogens with one attached hydrogen (secondary N) is 1. The lowest BCUT2D eigenvalue weighted by Crippen LogP contribution is -2.66. The van der Waals surface area contributed by atoms with E-state index in [1.54, 1.807) is 6.07 Å². The van der Waals surface area contributed by atoms with Crippen LogP contribution in [0, 0.1) is 5.92 Å². The largest absolute Gasteiger partial charge is 0.508 e. The Balaban J connectivity index is 1.52. The molecule has 4 heteroatoms. The first-order valence-corrected chi connectivity index (χ1v) is 9.84. The van der Waals surface area contributed by atoms with Crippen molar-refractivity contribution >= 4 is 5.91 Å². The zero-order valence-corrected chi connectivity index (χ0v) is 16.1. The molecule has 2 heterocycles. The van der Waals surface area contributed by atoms with E-state index >= 15 is 0 Å². The molecule has 1 amide bonds. The number of rotatable bonds is 3. The van der Waals surface area contributed by atoms with E-state index in [-0.39, 0.29) is 23.4 Å². The molecule has 2 saturated heterocycles. The quantitative estimate of drug-likeness (QED) is 0.880. The van der Waals surface area contributed by atoms with Gasteiger partial charge in [0.25, 0.3) is 0 Å². The third kappa shape index (κ3) is 3.34. The minimum absolute atomic E-state index is 0.0475. The highest BCUT2D eigenvalue weighted by molar-refractivity contribution is 5.83. The van der Waals surface area contributed by atoms with E-state index in [9.17, 15) is 9.90 Å². The van der Waals surface area contributed by atoms with Gasteiger partial charge in [0.1, 0.15) is 5.75 Å². The summed E-state index contributed by atoms with van der Waals surface area (Å²) in [7, 11) is 0. The summed E-state index contributed by atoms with van der Waals surface area (Å²) in [5.74, 6) is 0.860. The third-order valence-corrected chi connectivity index (χ3v) is 6.63. The fraction of sp³-hybridized carbons (Fsp3) is 0.435. The lowest BCUT2D eigenvalue weighted by atomic mass is 9.65. The van der Waals surface area contributed by atoms with Gasteiger partial charge in [0.15, 0.2) is 0 Å². The highest BCUT2D eigenvalue weighted by atomic mass is 16.3. The van der Waals surface area contributed by atoms with Gasteiger partial charge in [-0.1, -0.05) is 56.3 Å². The minimum atomic E-state index is -0.138. The Bertz CT molecular complexity index is 822. The van der Waals surface area contributed by atoms with Crippen LogP contribution in [0.5, 0.6) is 5.75 Å². The van der Waals surface area contributed by atoms with Crippen molar-refractivity contribution in [3.8, 4) is 5.75 Å². The molecular weight excluding hydrogens is 336 g/mol. The van der Waals surface area contributed by atoms with Crippen molar-refractivity contribution in [1.82, 2.24) is 10.2 Å². The first-order chi connectivity index (χ1) is 13.0. The number of benzene rings is 2. The molecule has 2 aromatic rings. The van der Waals surface area contributed by atoms with Gasteiger partial charge in [-0.05, 0) is 47.4 Å². The van der Waals surface area contributed by atoms with Crippen LogP contribution in [-0.4, -0.2) is 41.1 Å². The van der Waals surface area contributed by atoms with Crippen LogP contribution in [-0.2, 0) is 16.6 Å². The molecule has 0 unspecified atom stereocenters. The summed E-state index contributed by atoms with van der Waals surface area (Å²) in [4.78, 5) is 15.2. The molecule has 0 aromatic heterocycles. The van der Waals surface area contributed by atoms with E-state index in [1.807, 2.05) is 30.3 Å². The molecule has 0 saturated carbocycles. The molecule has 0 aliphatic carbocycles. The normalized spacial score (nSPS) is 30.8. The van der Waals surface area contributed by atoms with E-state index in [1.165, 1.54) is 5.56 Å². The van der Waals surface area contributed by atoms with Crippen LogP contribution in [0.15, 0.2) is 54.6 Å². The predicted molar refractivity (Wildman–Crippen MR) is 107 cm³/mol. The van der Waals surface area contributed by atoms with E-state index in [0.717, 1.165) is 31.5 Å². The van der Waals surface area contributed by atoms with Gasteiger partial charge in [-0.2, -0.15) is 0 Å². The van der Waals surface area contributed by atoms with Gasteiger partial charge in [0.2, 0.25) is 5.91 Å². The second-order valence-electron chi connectivity index (χ2n) is 8.37. The van der Waals surface area contributed by atoms with E-state index in [4.69, 9.17) is 0 Å². The van der Waals surface area contributed by atoms with Crippen molar-refractivity contribution < 1.29 is 9.90 Å². The molecule has 4 atom stereocenters. The smallest absolute Gasteiger partial charge is 0.240 e. The monoisotopic (exact) mass is 364 g/mol. The Morgan fingerprint density at radius 2 is 1.96 bits per heavy atom. The van der Waals surface area contributed by atoms with Crippen LogP contribution in [0.4, 0.5) is 0 Å². The summed E-state index contributed by atoms with van der Waals surface area (Å²) in [6.45, 7) is 6.08. The molecule has 142 valence electrons. The average Bonchev–Trinajstić information content (AvgIpc) is 2.67. The first kappa shape index (κ1) is 18.1. The number of amides is 1. The van der Waals surface area contributed by atoms with Crippen molar-refractivity contribution in [2.24, 2.45) is 5.92 Å². The third-order valence-electron chi connectivity index (χ3n) is 6.63. The Morgan fingerprint density at radius 1 is 1.19 bits per heavy atom. The summed E-state index contributed by atoms with van der Waals surface area (Å²) in [5.41, 5.74) is 2.30. The Labute approximate surface area is 161 Å². The SMILES string of the molecule is C[C@H]1CN2C(=O)[C@H](Cc3ccccc3)NC[C@H]2C[C@@]1(C)c1cccc(O)c1. The summed E-state index contributed by atoms with van der Waals surface area (Å²) < 4.78 is 0. The lowest BCUT2D eigenvalue weighted by Gasteiger charge is -2.52. The molecule has 2 aliphatic rings. The average molecular weight is 364 g/mol. The number of carbonyl (C=O) groups excluding carboxylic acids is 1. The second kappa shape index (κ2) is 7.01. The van der Waals surface area contributed by atoms with Gasteiger partial charge in [-0.3, -0.25) is 4.79 Å². The van der Waals surface area contributed by atoms with Crippen LogP contribution in [0.1, 0.15) is 31.4 Å². The van der Waals surface area contributed by atoms with Crippen molar-refractivity contribution in [2.45, 2.75) is 44.2 Å². The van der Waals surface area contributed by atoms with Gasteiger partial charge >= 0.3 is 0 Å². The van der Waals surface area contributed by atoms with Crippen LogP contribution >= 0.6 is 0 Å². The molecule has 27 heavy (non-hydrogen) atoms. The highest BCUT2D eigenvalue weighted by Crippen LogP contribution is 2.43. The van der Waals surface area contributed by atoms with E-state index in [0.29, 0.717) is 11.7 Å². The maximum atomic E-state index is 13.1. The number of aromatic hydroxyl groups is 1. The number of phenols is 1. The Hall–Kier alpha value is -2.33. The number of nitrogens with zero attached hydrogens (tertiary/aromatic N) is 1. The number of fused-ring (bicyclic) bond motifs is 1. The molecule has 2 aromatic carbocycles. The maximum absolute atomic E-state index is 13.1. The molecule has 4 nitrogen and oxygen atoms in total. The van der Waals surface area contributed by atoms with Gasteiger partial charge < -0.3 is 15.3 Å². The fourth-order valence-electron chi connectivity index (χ4n) is 4.74. The van der Waals surface area contributed by atoms with Crippen molar-refractivity contribution in [1.29, 1.82) is 0 Å². The Kier molecular flexibility index (Phi) is 4.68. The van der Waals surface area contributed by atoms with Crippen LogP contribution in [0.3, 0.4) is 0 Å². The second-order valence-corrected chi connectivity index (χ2v) is 8.37. The minimum Gasteiger partial charge on any atom is -0.508 e. The number of carbonyl (C=O) groups is 1. The number of hydrogen-bond acceptors (Lipinski definition) is 3. The molecule has 2 N–H and O–H groups in total. The van der Waals surface area contributed by atoms with Crippen LogP contribution < -0.4 is 5.32 Å². The van der Waals surface area contributed by atoms with Gasteiger partial charge in [-0.15, -0.1) is 0 Å². The van der Waals surface area contributed by atoms with E-state index < -0.39 is 0 Å². The standard InChI is InChI=1S/C23H28N2O2/c1-16-15-25-19(13-23(16,2)18-9-6-10-20(26)12-18)14-24-21(22(25)27)11-17-7-4-3-5-8-17/h3-10,12,16,19,21,24,26H,11,13-15H2,1-2H3/t16-,19+,21-,23+/m0/s1. The van der Waals surface area contributed by atoms with Gasteiger partial charge in [0, 0.05) is 19.1 Å². The molecule has 2 aliphatic heterocycles. The first-order valence-electron chi connectivity index (χ1n) is 9.84. The van der Waals surface area contributed by atoms with Crippen LogP contribution in [0.2, 0.25) is 0 Å². The number of piperidine rings is 1. The maximum Gasteiger partial charge on any atom is 0.240 e. The zero-order valence-electron chi connectivity index (χ0n) is 16.1. The molecular formula is C23H28N2O2. The number of hydrogen-bond donors (Lipinski definition) is 2. The highest BCUT2D eigenvalue weighted by Gasteiger charge is 2.47. The summed E-state index contributed by atoms with van der Waals surface area (Å²) in [6, 6.07) is 17.9. The summed E-state index contributed by atoms with van der Waals surface area (Å²) in [6.07, 6.45) is 1.65. The molecule has 2 fully saturated rings. The zero-order chi connectivity index (χ0) is 19.0. The van der Waals surface area contributed by atoms with E-state index in [2.05, 4.69) is 42.3 Å².